The van der Waals surface area contributed by atoms with E-state index in [-0.39, 0.29) is 5.75 Å². The van der Waals surface area contributed by atoms with E-state index < -0.39 is 0 Å². The fourth-order valence-electron chi connectivity index (χ4n) is 1.65. The smallest absolute Gasteiger partial charge is 0.160 e. The second-order valence-electron chi connectivity index (χ2n) is 3.97. The third kappa shape index (κ3) is 3.00. The molecule has 4 nitrogen and oxygen atoms in total. The molecule has 2 aromatic rings. The average Bonchev–Trinajstić information content (AvgIpc) is 2.77. The molecule has 0 bridgehead atoms. The molecular weight excluding hydrogens is 248 g/mol. The van der Waals surface area contributed by atoms with Gasteiger partial charge in [-0.2, -0.15) is 0 Å². The number of rotatable bonds is 5. The average molecular weight is 264 g/mol. The highest BCUT2D eigenvalue weighted by Gasteiger charge is 2.04. The Morgan fingerprint density at radius 1 is 1.39 bits per heavy atom. The molecule has 0 aliphatic rings. The van der Waals surface area contributed by atoms with Crippen LogP contribution in [0.1, 0.15) is 16.1 Å². The van der Waals surface area contributed by atoms with Crippen LogP contribution in [0.5, 0.6) is 11.5 Å². The standard InChI is InChI=1S/C13H16N2O2S/c1-9-13(18-8-15-9)7-14-6-10-3-4-11(16)12(5-10)17-2/h3-5,8,14,16H,6-7H2,1-2H3. The summed E-state index contributed by atoms with van der Waals surface area (Å²) in [6, 6.07) is 5.36. The molecule has 0 spiro atoms. The van der Waals surface area contributed by atoms with E-state index >= 15 is 0 Å². The Morgan fingerprint density at radius 2 is 2.22 bits per heavy atom. The molecule has 0 unspecified atom stereocenters. The van der Waals surface area contributed by atoms with Crippen LogP contribution in [0, 0.1) is 6.92 Å². The van der Waals surface area contributed by atoms with E-state index in [4.69, 9.17) is 4.74 Å². The molecule has 1 aromatic heterocycles. The van der Waals surface area contributed by atoms with Crippen molar-refractivity contribution in [1.29, 1.82) is 0 Å². The van der Waals surface area contributed by atoms with Crippen LogP contribution >= 0.6 is 11.3 Å². The Kier molecular flexibility index (Phi) is 4.17. The number of nitrogens with one attached hydrogen (secondary N) is 1. The molecule has 0 amide bonds. The highest BCUT2D eigenvalue weighted by atomic mass is 32.1. The van der Waals surface area contributed by atoms with Crippen molar-refractivity contribution in [1.82, 2.24) is 10.3 Å². The topological polar surface area (TPSA) is 54.4 Å². The summed E-state index contributed by atoms with van der Waals surface area (Å²) in [7, 11) is 1.55. The minimum atomic E-state index is 0.166. The van der Waals surface area contributed by atoms with Gasteiger partial charge in [-0.25, -0.2) is 4.98 Å². The van der Waals surface area contributed by atoms with Gasteiger partial charge in [-0.1, -0.05) is 6.07 Å². The molecule has 96 valence electrons. The Balaban J connectivity index is 1.92. The number of ether oxygens (including phenoxy) is 1. The van der Waals surface area contributed by atoms with Crippen molar-refractivity contribution in [3.63, 3.8) is 0 Å². The summed E-state index contributed by atoms with van der Waals surface area (Å²) in [6.07, 6.45) is 0. The number of phenols is 1. The van der Waals surface area contributed by atoms with Gasteiger partial charge in [-0.05, 0) is 24.6 Å². The summed E-state index contributed by atoms with van der Waals surface area (Å²) >= 11 is 1.66. The number of aromatic nitrogens is 1. The summed E-state index contributed by atoms with van der Waals surface area (Å²) in [5.74, 6) is 0.669. The van der Waals surface area contributed by atoms with Crippen LogP contribution in [-0.4, -0.2) is 17.2 Å². The van der Waals surface area contributed by atoms with Crippen LogP contribution in [0.2, 0.25) is 0 Å². The lowest BCUT2D eigenvalue weighted by Crippen LogP contribution is -2.12. The van der Waals surface area contributed by atoms with Gasteiger partial charge in [-0.15, -0.1) is 11.3 Å². The Morgan fingerprint density at radius 3 is 2.89 bits per heavy atom. The second-order valence-corrected chi connectivity index (χ2v) is 4.91. The zero-order valence-corrected chi connectivity index (χ0v) is 11.3. The van der Waals surface area contributed by atoms with Gasteiger partial charge in [-0.3, -0.25) is 0 Å². The highest BCUT2D eigenvalue weighted by molar-refractivity contribution is 7.09. The predicted molar refractivity (Wildman–Crippen MR) is 72.1 cm³/mol. The molecular formula is C13H16N2O2S. The number of hydrogen-bond acceptors (Lipinski definition) is 5. The third-order valence-corrected chi connectivity index (χ3v) is 3.64. The molecule has 0 radical (unpaired) electrons. The van der Waals surface area contributed by atoms with Gasteiger partial charge in [0.15, 0.2) is 11.5 Å². The minimum Gasteiger partial charge on any atom is -0.504 e. The van der Waals surface area contributed by atoms with Gasteiger partial charge in [0.25, 0.3) is 0 Å². The zero-order valence-electron chi connectivity index (χ0n) is 10.4. The summed E-state index contributed by atoms with van der Waals surface area (Å²) < 4.78 is 5.07. The van der Waals surface area contributed by atoms with Crippen LogP contribution < -0.4 is 10.1 Å². The number of nitrogens with zero attached hydrogens (tertiary/aromatic N) is 1. The summed E-state index contributed by atoms with van der Waals surface area (Å²) in [4.78, 5) is 5.46. The van der Waals surface area contributed by atoms with E-state index in [2.05, 4.69) is 10.3 Å². The van der Waals surface area contributed by atoms with E-state index in [1.165, 1.54) is 4.88 Å². The van der Waals surface area contributed by atoms with Crippen molar-refractivity contribution in [2.45, 2.75) is 20.0 Å². The first-order chi connectivity index (χ1) is 8.70. The molecule has 0 atom stereocenters. The van der Waals surface area contributed by atoms with Gasteiger partial charge in [0.05, 0.1) is 18.3 Å². The first-order valence-corrected chi connectivity index (χ1v) is 6.54. The van der Waals surface area contributed by atoms with Crippen LogP contribution in [-0.2, 0) is 13.1 Å². The third-order valence-electron chi connectivity index (χ3n) is 2.70. The first kappa shape index (κ1) is 12.9. The largest absolute Gasteiger partial charge is 0.504 e. The lowest BCUT2D eigenvalue weighted by molar-refractivity contribution is 0.373. The van der Waals surface area contributed by atoms with Crippen molar-refractivity contribution < 1.29 is 9.84 Å². The predicted octanol–water partition coefficient (Wildman–Crippen LogP) is 2.46. The molecule has 0 aliphatic carbocycles. The Bertz CT molecular complexity index is 525. The van der Waals surface area contributed by atoms with E-state index in [0.29, 0.717) is 5.75 Å². The van der Waals surface area contributed by atoms with Crippen LogP contribution in [0.15, 0.2) is 23.7 Å². The molecule has 0 saturated heterocycles. The number of benzene rings is 1. The van der Waals surface area contributed by atoms with E-state index in [0.717, 1.165) is 24.3 Å². The Labute approximate surface area is 110 Å². The van der Waals surface area contributed by atoms with Crippen molar-refractivity contribution in [3.8, 4) is 11.5 Å². The van der Waals surface area contributed by atoms with Crippen molar-refractivity contribution in [2.24, 2.45) is 0 Å². The Hall–Kier alpha value is -1.59. The van der Waals surface area contributed by atoms with Gasteiger partial charge in [0.2, 0.25) is 0 Å². The molecule has 0 aliphatic heterocycles. The molecule has 18 heavy (non-hydrogen) atoms. The lowest BCUT2D eigenvalue weighted by atomic mass is 10.2. The normalized spacial score (nSPS) is 10.6. The monoisotopic (exact) mass is 264 g/mol. The summed E-state index contributed by atoms with van der Waals surface area (Å²) in [6.45, 7) is 3.55. The van der Waals surface area contributed by atoms with Gasteiger partial charge in [0.1, 0.15) is 0 Å². The van der Waals surface area contributed by atoms with Crippen molar-refractivity contribution >= 4 is 11.3 Å². The number of aromatic hydroxyl groups is 1. The van der Waals surface area contributed by atoms with E-state index in [9.17, 15) is 5.11 Å². The fourth-order valence-corrected chi connectivity index (χ4v) is 2.39. The van der Waals surface area contributed by atoms with Gasteiger partial charge in [0, 0.05) is 18.0 Å². The first-order valence-electron chi connectivity index (χ1n) is 5.66. The summed E-state index contributed by atoms with van der Waals surface area (Å²) in [5, 5.41) is 12.8. The van der Waals surface area contributed by atoms with Crippen molar-refractivity contribution in [2.75, 3.05) is 7.11 Å². The van der Waals surface area contributed by atoms with Gasteiger partial charge < -0.3 is 15.2 Å². The number of aryl methyl sites for hydroxylation is 1. The fraction of sp³-hybridized carbons (Fsp3) is 0.308. The van der Waals surface area contributed by atoms with Crippen LogP contribution in [0.25, 0.3) is 0 Å². The number of phenolic OH excluding ortho intramolecular Hbond substituents is 1. The maximum atomic E-state index is 9.49. The number of hydrogen-bond donors (Lipinski definition) is 2. The second kappa shape index (κ2) is 5.84. The summed E-state index contributed by atoms with van der Waals surface area (Å²) in [5.41, 5.74) is 4.01. The van der Waals surface area contributed by atoms with Crippen molar-refractivity contribution in [3.05, 3.63) is 39.8 Å². The zero-order chi connectivity index (χ0) is 13.0. The highest BCUT2D eigenvalue weighted by Crippen LogP contribution is 2.26. The minimum absolute atomic E-state index is 0.166. The van der Waals surface area contributed by atoms with E-state index in [1.54, 1.807) is 24.5 Å². The number of methoxy groups -OCH3 is 1. The quantitative estimate of drug-likeness (QED) is 0.871. The number of thiazole rings is 1. The lowest BCUT2D eigenvalue weighted by Gasteiger charge is -2.07. The van der Waals surface area contributed by atoms with Crippen LogP contribution in [0.4, 0.5) is 0 Å². The molecule has 1 aromatic carbocycles. The van der Waals surface area contributed by atoms with Crippen LogP contribution in [0.3, 0.4) is 0 Å². The molecule has 0 fully saturated rings. The SMILES string of the molecule is COc1cc(CNCc2scnc2C)ccc1O. The maximum absolute atomic E-state index is 9.49. The molecule has 2 rings (SSSR count). The molecule has 5 heteroatoms. The molecule has 2 N–H and O–H groups in total. The maximum Gasteiger partial charge on any atom is 0.160 e. The molecule has 1 heterocycles. The van der Waals surface area contributed by atoms with E-state index in [1.807, 2.05) is 24.6 Å². The molecule has 0 saturated carbocycles. The van der Waals surface area contributed by atoms with Gasteiger partial charge >= 0.3 is 0 Å².